The molecule has 0 aromatic heterocycles. The van der Waals surface area contributed by atoms with E-state index in [4.69, 9.17) is 9.68 Å². The Bertz CT molecular complexity index is 914. The minimum Gasteiger partial charge on any atom is -0.370 e. The highest BCUT2D eigenvalue weighted by atomic mass is 17.0. The Labute approximate surface area is 226 Å². The summed E-state index contributed by atoms with van der Waals surface area (Å²) in [4.78, 5) is 25.3. The second kappa shape index (κ2) is 13.0. The summed E-state index contributed by atoms with van der Waals surface area (Å²) >= 11 is 0. The topological polar surface area (TPSA) is 38.8 Å². The molecule has 0 bridgehead atoms. The zero-order valence-corrected chi connectivity index (χ0v) is 25.6. The fourth-order valence-corrected chi connectivity index (χ4v) is 4.40. The van der Waals surface area contributed by atoms with E-state index >= 15 is 0 Å². The number of benzene rings is 2. The fourth-order valence-electron chi connectivity index (χ4n) is 4.40. The van der Waals surface area contributed by atoms with Crippen molar-refractivity contribution < 1.29 is 14.5 Å². The summed E-state index contributed by atoms with van der Waals surface area (Å²) in [6.07, 6.45) is 0.874. The van der Waals surface area contributed by atoms with Crippen LogP contribution in [-0.4, -0.2) is 17.6 Å². The molecule has 206 valence electrons. The summed E-state index contributed by atoms with van der Waals surface area (Å²) in [5, 5.41) is 1.41. The maximum absolute atomic E-state index is 12.1. The number of hydroxylamine groups is 2. The molecule has 0 fully saturated rings. The van der Waals surface area contributed by atoms with Crippen molar-refractivity contribution in [2.45, 2.75) is 132 Å². The number of hydrogen-bond donors (Lipinski definition) is 0. The lowest BCUT2D eigenvalue weighted by atomic mass is 9.88. The lowest BCUT2D eigenvalue weighted by molar-refractivity contribution is -0.272. The van der Waals surface area contributed by atoms with Crippen molar-refractivity contribution in [1.29, 1.82) is 0 Å². The standard InChI is InChI=1S/C33H51NO3/c1-19(2)26-14-28(21(5)6)32(29(15-26)22(7)8)36-34(25(13)18-35)37-33-30(23(9)10)16-27(20(3)4)17-31(33)24(11)12/h14-25H,1-13H3/t25-/m0/s1. The Balaban J connectivity index is 2.73. The maximum atomic E-state index is 12.1. The number of carbonyl (C=O) groups excluding carboxylic acids is 1. The van der Waals surface area contributed by atoms with Crippen molar-refractivity contribution in [1.82, 2.24) is 5.23 Å². The van der Waals surface area contributed by atoms with E-state index in [1.807, 2.05) is 6.92 Å². The smallest absolute Gasteiger partial charge is 0.158 e. The molecule has 1 atom stereocenters. The molecule has 0 aliphatic rings. The highest BCUT2D eigenvalue weighted by molar-refractivity contribution is 5.57. The van der Waals surface area contributed by atoms with Crippen LogP contribution in [0.1, 0.15) is 159 Å². The molecule has 0 radical (unpaired) electrons. The van der Waals surface area contributed by atoms with E-state index in [0.29, 0.717) is 11.8 Å². The molecule has 0 heterocycles. The molecule has 0 N–H and O–H groups in total. The highest BCUT2D eigenvalue weighted by Gasteiger charge is 2.28. The monoisotopic (exact) mass is 509 g/mol. The van der Waals surface area contributed by atoms with E-state index in [1.54, 1.807) is 0 Å². The van der Waals surface area contributed by atoms with Crippen molar-refractivity contribution in [2.24, 2.45) is 0 Å². The summed E-state index contributed by atoms with van der Waals surface area (Å²) in [5.41, 5.74) is 7.11. The molecule has 0 unspecified atom stereocenters. The van der Waals surface area contributed by atoms with Crippen LogP contribution in [0, 0.1) is 0 Å². The average Bonchev–Trinajstić information content (AvgIpc) is 2.81. The van der Waals surface area contributed by atoms with Gasteiger partial charge in [0.2, 0.25) is 0 Å². The molecule has 2 aromatic rings. The Morgan fingerprint density at radius 2 is 0.784 bits per heavy atom. The molecule has 37 heavy (non-hydrogen) atoms. The van der Waals surface area contributed by atoms with Gasteiger partial charge in [-0.2, -0.15) is 0 Å². The van der Waals surface area contributed by atoms with Crippen LogP contribution in [0.3, 0.4) is 0 Å². The summed E-state index contributed by atoms with van der Waals surface area (Å²) < 4.78 is 0. The van der Waals surface area contributed by atoms with Crippen LogP contribution in [0.2, 0.25) is 0 Å². The molecule has 2 aromatic carbocycles. The van der Waals surface area contributed by atoms with E-state index in [1.165, 1.54) is 16.4 Å². The maximum Gasteiger partial charge on any atom is 0.158 e. The first kappa shape index (κ1) is 30.9. The number of nitrogens with zero attached hydrogens (tertiary/aromatic N) is 1. The van der Waals surface area contributed by atoms with E-state index in [9.17, 15) is 4.79 Å². The largest absolute Gasteiger partial charge is 0.370 e. The summed E-state index contributed by atoms with van der Waals surface area (Å²) in [6.45, 7) is 28.2. The summed E-state index contributed by atoms with van der Waals surface area (Å²) in [7, 11) is 0. The Hall–Kier alpha value is -2.33. The number of hydrogen-bond acceptors (Lipinski definition) is 4. The van der Waals surface area contributed by atoms with Gasteiger partial charge in [-0.05, 0) is 53.6 Å². The molecule has 0 spiro atoms. The van der Waals surface area contributed by atoms with Crippen LogP contribution in [0.15, 0.2) is 24.3 Å². The van der Waals surface area contributed by atoms with Gasteiger partial charge in [-0.3, -0.25) is 0 Å². The van der Waals surface area contributed by atoms with Crippen LogP contribution < -0.4 is 9.68 Å². The van der Waals surface area contributed by atoms with Crippen molar-refractivity contribution >= 4 is 6.29 Å². The molecular weight excluding hydrogens is 458 g/mol. The molecule has 0 amide bonds. The van der Waals surface area contributed by atoms with Crippen LogP contribution in [-0.2, 0) is 4.79 Å². The second-order valence-electron chi connectivity index (χ2n) is 12.3. The number of aldehydes is 1. The predicted molar refractivity (Wildman–Crippen MR) is 156 cm³/mol. The average molecular weight is 510 g/mol. The first-order valence-corrected chi connectivity index (χ1v) is 14.1. The second-order valence-corrected chi connectivity index (χ2v) is 12.3. The first-order valence-electron chi connectivity index (χ1n) is 14.1. The first-order chi connectivity index (χ1) is 17.2. The van der Waals surface area contributed by atoms with Gasteiger partial charge in [0.05, 0.1) is 0 Å². The minimum absolute atomic E-state index is 0.252. The molecule has 0 aliphatic carbocycles. The van der Waals surface area contributed by atoms with Crippen LogP contribution >= 0.6 is 0 Å². The molecule has 0 aliphatic heterocycles. The van der Waals surface area contributed by atoms with Crippen LogP contribution in [0.4, 0.5) is 0 Å². The Morgan fingerprint density at radius 3 is 0.973 bits per heavy atom. The van der Waals surface area contributed by atoms with Gasteiger partial charge < -0.3 is 14.5 Å². The molecular formula is C33H51NO3. The molecule has 4 nitrogen and oxygen atoms in total. The fraction of sp³-hybridized carbons (Fsp3) is 0.606. The van der Waals surface area contributed by atoms with Crippen LogP contribution in [0.5, 0.6) is 11.5 Å². The van der Waals surface area contributed by atoms with Gasteiger partial charge in [0.15, 0.2) is 11.5 Å². The minimum atomic E-state index is -0.602. The van der Waals surface area contributed by atoms with Gasteiger partial charge in [0, 0.05) is 27.5 Å². The van der Waals surface area contributed by atoms with Crippen molar-refractivity contribution in [3.8, 4) is 11.5 Å². The van der Waals surface area contributed by atoms with Gasteiger partial charge in [-0.1, -0.05) is 107 Å². The normalized spacial score (nSPS) is 13.1. The number of carbonyl (C=O) groups is 1. The third-order valence-corrected chi connectivity index (χ3v) is 7.05. The van der Waals surface area contributed by atoms with E-state index in [0.717, 1.165) is 40.0 Å². The van der Waals surface area contributed by atoms with E-state index in [2.05, 4.69) is 107 Å². The zero-order chi connectivity index (χ0) is 28.2. The SMILES string of the molecule is CC(C)c1cc(C(C)C)c(ON(Oc2c(C(C)C)cc(C(C)C)cc2C(C)C)[C@@H](C)C=O)c(C(C)C)c1. The lowest BCUT2D eigenvalue weighted by Crippen LogP contribution is -2.41. The third kappa shape index (κ3) is 7.37. The van der Waals surface area contributed by atoms with Crippen molar-refractivity contribution in [3.05, 3.63) is 57.6 Å². The van der Waals surface area contributed by atoms with E-state index in [-0.39, 0.29) is 23.7 Å². The van der Waals surface area contributed by atoms with Gasteiger partial charge in [-0.25, -0.2) is 0 Å². The number of rotatable bonds is 12. The van der Waals surface area contributed by atoms with E-state index < -0.39 is 6.04 Å². The third-order valence-electron chi connectivity index (χ3n) is 7.05. The van der Waals surface area contributed by atoms with Crippen molar-refractivity contribution in [2.75, 3.05) is 0 Å². The predicted octanol–water partition coefficient (Wildman–Crippen LogP) is 9.60. The Morgan fingerprint density at radius 1 is 0.514 bits per heavy atom. The lowest BCUT2D eigenvalue weighted by Gasteiger charge is -2.31. The highest BCUT2D eigenvalue weighted by Crippen LogP contribution is 2.41. The van der Waals surface area contributed by atoms with Gasteiger partial charge in [-0.15, -0.1) is 0 Å². The molecule has 4 heteroatoms. The molecule has 0 saturated heterocycles. The van der Waals surface area contributed by atoms with Gasteiger partial charge in [0.25, 0.3) is 0 Å². The molecule has 0 saturated carbocycles. The van der Waals surface area contributed by atoms with Crippen molar-refractivity contribution in [3.63, 3.8) is 0 Å². The van der Waals surface area contributed by atoms with Gasteiger partial charge >= 0.3 is 0 Å². The Kier molecular flexibility index (Phi) is 10.8. The summed E-state index contributed by atoms with van der Waals surface area (Å²) in [5.74, 6) is 3.41. The molecule has 2 rings (SSSR count). The van der Waals surface area contributed by atoms with Gasteiger partial charge in [0.1, 0.15) is 12.3 Å². The summed E-state index contributed by atoms with van der Waals surface area (Å²) in [6, 6.07) is 8.39. The quantitative estimate of drug-likeness (QED) is 0.211. The van der Waals surface area contributed by atoms with Crippen LogP contribution in [0.25, 0.3) is 0 Å². The zero-order valence-electron chi connectivity index (χ0n) is 25.6.